The molecule has 5 nitrogen and oxygen atoms in total. The van der Waals surface area contributed by atoms with Gasteiger partial charge in [-0.25, -0.2) is 13.1 Å². The maximum absolute atomic E-state index is 12.8. The summed E-state index contributed by atoms with van der Waals surface area (Å²) < 4.78 is 33.8. The summed E-state index contributed by atoms with van der Waals surface area (Å²) in [7, 11) is -1.91. The molecule has 0 radical (unpaired) electrons. The molecule has 2 aromatic carbocycles. The van der Waals surface area contributed by atoms with Gasteiger partial charge in [-0.3, -0.25) is 4.90 Å². The fourth-order valence-electron chi connectivity index (χ4n) is 3.66. The molecule has 1 heterocycles. The first-order valence-electron chi connectivity index (χ1n) is 9.88. The summed E-state index contributed by atoms with van der Waals surface area (Å²) in [5.41, 5.74) is 2.20. The van der Waals surface area contributed by atoms with Crippen molar-refractivity contribution in [3.05, 3.63) is 59.7 Å². The van der Waals surface area contributed by atoms with Crippen LogP contribution in [0.25, 0.3) is 0 Å². The lowest BCUT2D eigenvalue weighted by atomic mass is 10.0. The van der Waals surface area contributed by atoms with Gasteiger partial charge in [-0.1, -0.05) is 38.1 Å². The number of ether oxygens (including phenoxy) is 1. The van der Waals surface area contributed by atoms with Crippen LogP contribution >= 0.6 is 0 Å². The molecule has 152 valence electrons. The van der Waals surface area contributed by atoms with E-state index in [1.807, 2.05) is 36.4 Å². The molecule has 1 N–H and O–H groups in total. The van der Waals surface area contributed by atoms with Gasteiger partial charge in [0.1, 0.15) is 5.75 Å². The van der Waals surface area contributed by atoms with Gasteiger partial charge in [0.05, 0.1) is 12.0 Å². The molecule has 0 bridgehead atoms. The van der Waals surface area contributed by atoms with Crippen LogP contribution in [0, 0.1) is 0 Å². The highest BCUT2D eigenvalue weighted by atomic mass is 32.2. The van der Waals surface area contributed by atoms with E-state index in [2.05, 4.69) is 23.5 Å². The van der Waals surface area contributed by atoms with Gasteiger partial charge in [-0.05, 0) is 67.2 Å². The van der Waals surface area contributed by atoms with E-state index < -0.39 is 10.0 Å². The predicted octanol–water partition coefficient (Wildman–Crippen LogP) is 3.93. The fraction of sp³-hybridized carbons (Fsp3) is 0.455. The minimum absolute atomic E-state index is 0.0117. The van der Waals surface area contributed by atoms with Crippen molar-refractivity contribution in [2.45, 2.75) is 43.5 Å². The van der Waals surface area contributed by atoms with E-state index in [4.69, 9.17) is 4.74 Å². The number of nitrogens with zero attached hydrogens (tertiary/aromatic N) is 1. The second-order valence-corrected chi connectivity index (χ2v) is 9.38. The van der Waals surface area contributed by atoms with Crippen molar-refractivity contribution in [2.24, 2.45) is 0 Å². The van der Waals surface area contributed by atoms with E-state index in [0.717, 1.165) is 42.8 Å². The Kier molecular flexibility index (Phi) is 6.75. The van der Waals surface area contributed by atoms with E-state index >= 15 is 0 Å². The number of hydrogen-bond acceptors (Lipinski definition) is 4. The largest absolute Gasteiger partial charge is 0.497 e. The second-order valence-electron chi connectivity index (χ2n) is 7.61. The molecule has 3 rings (SSSR count). The molecule has 2 aromatic rings. The lowest BCUT2D eigenvalue weighted by Crippen LogP contribution is -2.36. The van der Waals surface area contributed by atoms with E-state index in [1.54, 1.807) is 19.2 Å². The fourth-order valence-corrected chi connectivity index (χ4v) is 4.70. The molecular weight excluding hydrogens is 372 g/mol. The van der Waals surface area contributed by atoms with Crippen LogP contribution in [0.3, 0.4) is 0 Å². The molecule has 6 heteroatoms. The summed E-state index contributed by atoms with van der Waals surface area (Å²) in [5, 5.41) is 0. The highest BCUT2D eigenvalue weighted by Crippen LogP contribution is 2.27. The first-order valence-corrected chi connectivity index (χ1v) is 11.4. The average Bonchev–Trinajstić information content (AvgIpc) is 3.23. The van der Waals surface area contributed by atoms with Crippen LogP contribution in [-0.4, -0.2) is 40.1 Å². The van der Waals surface area contributed by atoms with E-state index in [1.165, 1.54) is 0 Å². The Balaban J connectivity index is 1.78. The van der Waals surface area contributed by atoms with Crippen molar-refractivity contribution in [3.8, 4) is 5.75 Å². The molecule has 0 saturated carbocycles. The Morgan fingerprint density at radius 2 is 1.71 bits per heavy atom. The molecule has 0 spiro atoms. The zero-order valence-electron chi connectivity index (χ0n) is 16.9. The Morgan fingerprint density at radius 3 is 2.32 bits per heavy atom. The van der Waals surface area contributed by atoms with Crippen LogP contribution < -0.4 is 9.46 Å². The Labute approximate surface area is 168 Å². The Hall–Kier alpha value is -1.89. The predicted molar refractivity (Wildman–Crippen MR) is 112 cm³/mol. The molecule has 0 aromatic heterocycles. The van der Waals surface area contributed by atoms with Gasteiger partial charge in [0.25, 0.3) is 0 Å². The maximum atomic E-state index is 12.8. The van der Waals surface area contributed by atoms with Crippen LogP contribution in [-0.2, 0) is 10.0 Å². The highest BCUT2D eigenvalue weighted by Gasteiger charge is 2.26. The van der Waals surface area contributed by atoms with Crippen molar-refractivity contribution >= 4 is 10.0 Å². The number of hydrogen-bond donors (Lipinski definition) is 1. The zero-order chi connectivity index (χ0) is 20.1. The number of likely N-dealkylation sites (tertiary alicyclic amines) is 1. The van der Waals surface area contributed by atoms with Crippen LogP contribution in [0.1, 0.15) is 49.8 Å². The third-order valence-corrected chi connectivity index (χ3v) is 6.82. The smallest absolute Gasteiger partial charge is 0.240 e. The maximum Gasteiger partial charge on any atom is 0.240 e. The number of rotatable bonds is 8. The number of benzene rings is 2. The first kappa shape index (κ1) is 20.8. The molecule has 28 heavy (non-hydrogen) atoms. The Morgan fingerprint density at radius 1 is 1.04 bits per heavy atom. The quantitative estimate of drug-likeness (QED) is 0.727. The minimum Gasteiger partial charge on any atom is -0.497 e. The van der Waals surface area contributed by atoms with Crippen molar-refractivity contribution < 1.29 is 13.2 Å². The van der Waals surface area contributed by atoms with Gasteiger partial charge in [0.2, 0.25) is 10.0 Å². The van der Waals surface area contributed by atoms with Gasteiger partial charge >= 0.3 is 0 Å². The van der Waals surface area contributed by atoms with Crippen LogP contribution in [0.2, 0.25) is 0 Å². The van der Waals surface area contributed by atoms with Crippen molar-refractivity contribution in [1.82, 2.24) is 9.62 Å². The number of nitrogens with one attached hydrogen (secondary N) is 1. The van der Waals surface area contributed by atoms with Crippen molar-refractivity contribution in [1.29, 1.82) is 0 Å². The molecular formula is C22H30N2O3S. The summed E-state index contributed by atoms with van der Waals surface area (Å²) in [6, 6.07) is 15.0. The summed E-state index contributed by atoms with van der Waals surface area (Å²) in [6.07, 6.45) is 2.29. The minimum atomic E-state index is -3.56. The van der Waals surface area contributed by atoms with E-state index in [9.17, 15) is 8.42 Å². The summed E-state index contributed by atoms with van der Waals surface area (Å²) in [5.74, 6) is 1.16. The van der Waals surface area contributed by atoms with E-state index in [-0.39, 0.29) is 6.04 Å². The molecule has 0 aliphatic carbocycles. The second kappa shape index (κ2) is 9.07. The summed E-state index contributed by atoms with van der Waals surface area (Å²) in [4.78, 5) is 2.65. The molecule has 0 unspecified atom stereocenters. The SMILES string of the molecule is COc1cccc([C@@H](CNS(=O)(=O)c2ccc(C(C)C)cc2)N2CCCC2)c1. The standard InChI is InChI=1S/C22H30N2O3S/c1-17(2)18-9-11-21(12-10-18)28(25,26)23-16-22(24-13-4-5-14-24)19-7-6-8-20(15-19)27-3/h6-12,15,17,22-23H,4-5,13-14,16H2,1-3H3/t22-/m1/s1. The normalized spacial score (nSPS) is 16.4. The third-order valence-electron chi connectivity index (χ3n) is 5.38. The topological polar surface area (TPSA) is 58.6 Å². The van der Waals surface area contributed by atoms with Crippen molar-refractivity contribution in [3.63, 3.8) is 0 Å². The third kappa shape index (κ3) is 4.93. The summed E-state index contributed by atoms with van der Waals surface area (Å²) >= 11 is 0. The van der Waals surface area contributed by atoms with Gasteiger partial charge in [-0.15, -0.1) is 0 Å². The van der Waals surface area contributed by atoms with Gasteiger partial charge in [-0.2, -0.15) is 0 Å². The van der Waals surface area contributed by atoms with Crippen LogP contribution in [0.4, 0.5) is 0 Å². The highest BCUT2D eigenvalue weighted by molar-refractivity contribution is 7.89. The van der Waals surface area contributed by atoms with E-state index in [0.29, 0.717) is 17.4 Å². The molecule has 1 saturated heterocycles. The lowest BCUT2D eigenvalue weighted by Gasteiger charge is -2.28. The molecule has 1 aliphatic heterocycles. The van der Waals surface area contributed by atoms with Crippen molar-refractivity contribution in [2.75, 3.05) is 26.7 Å². The average molecular weight is 403 g/mol. The summed E-state index contributed by atoms with van der Waals surface area (Å²) in [6.45, 7) is 6.48. The monoisotopic (exact) mass is 402 g/mol. The number of methoxy groups -OCH3 is 1. The zero-order valence-corrected chi connectivity index (χ0v) is 17.7. The molecule has 1 fully saturated rings. The number of sulfonamides is 1. The van der Waals surface area contributed by atoms with Gasteiger partial charge in [0, 0.05) is 12.6 Å². The van der Waals surface area contributed by atoms with Crippen LogP contribution in [0.15, 0.2) is 53.4 Å². The molecule has 1 atom stereocenters. The Bertz CT molecular complexity index is 873. The van der Waals surface area contributed by atoms with Crippen LogP contribution in [0.5, 0.6) is 5.75 Å². The first-order chi connectivity index (χ1) is 13.4. The molecule has 1 aliphatic rings. The molecule has 0 amide bonds. The lowest BCUT2D eigenvalue weighted by molar-refractivity contribution is 0.246. The van der Waals surface area contributed by atoms with Gasteiger partial charge < -0.3 is 4.74 Å². The van der Waals surface area contributed by atoms with Gasteiger partial charge in [0.15, 0.2) is 0 Å².